The number of aromatic amines is 1. The van der Waals surface area contributed by atoms with Crippen molar-refractivity contribution in [2.24, 2.45) is 5.41 Å². The van der Waals surface area contributed by atoms with Gasteiger partial charge in [-0.1, -0.05) is 19.4 Å². The number of aromatic nitrogens is 1. The first-order valence-corrected chi connectivity index (χ1v) is 7.08. The van der Waals surface area contributed by atoms with Crippen LogP contribution in [0.4, 0.5) is 0 Å². The van der Waals surface area contributed by atoms with Crippen molar-refractivity contribution in [3.8, 4) is 0 Å². The van der Waals surface area contributed by atoms with Crippen molar-refractivity contribution in [2.45, 2.75) is 39.2 Å². The van der Waals surface area contributed by atoms with Crippen LogP contribution in [0.25, 0.3) is 10.9 Å². The van der Waals surface area contributed by atoms with Crippen LogP contribution in [0, 0.1) is 5.41 Å². The van der Waals surface area contributed by atoms with Crippen molar-refractivity contribution in [3.05, 3.63) is 36.0 Å². The fourth-order valence-electron chi connectivity index (χ4n) is 3.02. The van der Waals surface area contributed by atoms with Gasteiger partial charge in [-0.25, -0.2) is 0 Å². The Labute approximate surface area is 109 Å². The van der Waals surface area contributed by atoms with Gasteiger partial charge in [-0.2, -0.15) is 0 Å². The van der Waals surface area contributed by atoms with Crippen LogP contribution in [0.5, 0.6) is 0 Å². The molecule has 1 aromatic heterocycles. The van der Waals surface area contributed by atoms with E-state index in [0.29, 0.717) is 5.41 Å². The molecule has 0 saturated heterocycles. The number of rotatable bonds is 5. The molecule has 0 spiro atoms. The third-order valence-electron chi connectivity index (χ3n) is 4.61. The predicted molar refractivity (Wildman–Crippen MR) is 76.6 cm³/mol. The zero-order valence-electron chi connectivity index (χ0n) is 11.1. The number of hydrogen-bond donors (Lipinski definition) is 2. The molecule has 1 aliphatic carbocycles. The van der Waals surface area contributed by atoms with Crippen LogP contribution in [0.1, 0.15) is 38.2 Å². The molecule has 1 heterocycles. The zero-order chi connectivity index (χ0) is 12.4. The van der Waals surface area contributed by atoms with Crippen molar-refractivity contribution in [1.82, 2.24) is 10.3 Å². The minimum atomic E-state index is 0.609. The first-order chi connectivity index (χ1) is 8.81. The maximum absolute atomic E-state index is 3.64. The molecule has 1 aliphatic rings. The lowest BCUT2D eigenvalue weighted by molar-refractivity contribution is 0.124. The predicted octanol–water partition coefficient (Wildman–Crippen LogP) is 3.84. The number of nitrogens with one attached hydrogen (secondary N) is 2. The van der Waals surface area contributed by atoms with E-state index in [1.54, 1.807) is 0 Å². The van der Waals surface area contributed by atoms with Gasteiger partial charge in [0, 0.05) is 24.8 Å². The summed E-state index contributed by atoms with van der Waals surface area (Å²) in [6.07, 6.45) is 7.56. The second kappa shape index (κ2) is 4.77. The summed E-state index contributed by atoms with van der Waals surface area (Å²) in [6.45, 7) is 4.49. The fourth-order valence-corrected chi connectivity index (χ4v) is 3.02. The molecule has 2 aromatic rings. The summed E-state index contributed by atoms with van der Waals surface area (Å²) in [6, 6.07) is 8.80. The summed E-state index contributed by atoms with van der Waals surface area (Å²) >= 11 is 0. The van der Waals surface area contributed by atoms with Crippen molar-refractivity contribution in [3.63, 3.8) is 0 Å². The van der Waals surface area contributed by atoms with Crippen LogP contribution >= 0.6 is 0 Å². The Morgan fingerprint density at radius 2 is 2.17 bits per heavy atom. The molecular weight excluding hydrogens is 220 g/mol. The van der Waals surface area contributed by atoms with E-state index in [9.17, 15) is 0 Å². The molecule has 1 saturated carbocycles. The quantitative estimate of drug-likeness (QED) is 0.819. The van der Waals surface area contributed by atoms with Gasteiger partial charge in [0.2, 0.25) is 0 Å². The Morgan fingerprint density at radius 1 is 1.28 bits per heavy atom. The molecule has 2 N–H and O–H groups in total. The smallest absolute Gasteiger partial charge is 0.0454 e. The van der Waals surface area contributed by atoms with Gasteiger partial charge in [0.05, 0.1) is 0 Å². The molecule has 2 heteroatoms. The van der Waals surface area contributed by atoms with Gasteiger partial charge in [-0.05, 0) is 53.8 Å². The molecule has 1 fully saturated rings. The molecule has 0 unspecified atom stereocenters. The van der Waals surface area contributed by atoms with Gasteiger partial charge in [-0.3, -0.25) is 0 Å². The van der Waals surface area contributed by atoms with Crippen LogP contribution < -0.4 is 5.32 Å². The highest BCUT2D eigenvalue weighted by atomic mass is 14.9. The summed E-state index contributed by atoms with van der Waals surface area (Å²) in [4.78, 5) is 3.23. The monoisotopic (exact) mass is 242 g/mol. The molecule has 0 aliphatic heterocycles. The van der Waals surface area contributed by atoms with Crippen molar-refractivity contribution < 1.29 is 0 Å². The van der Waals surface area contributed by atoms with Crippen LogP contribution in [-0.2, 0) is 6.54 Å². The maximum Gasteiger partial charge on any atom is 0.0454 e. The first kappa shape index (κ1) is 11.8. The number of H-pyrrole nitrogens is 1. The van der Waals surface area contributed by atoms with Gasteiger partial charge in [-0.15, -0.1) is 0 Å². The van der Waals surface area contributed by atoms with Crippen LogP contribution in [0.2, 0.25) is 0 Å². The number of hydrogen-bond acceptors (Lipinski definition) is 1. The topological polar surface area (TPSA) is 27.8 Å². The summed E-state index contributed by atoms with van der Waals surface area (Å²) < 4.78 is 0. The molecule has 0 atom stereocenters. The highest BCUT2D eigenvalue weighted by molar-refractivity contribution is 5.79. The SMILES string of the molecule is CCC1(CNCc2ccc3[nH]ccc3c2)CCC1. The van der Waals surface area contributed by atoms with E-state index >= 15 is 0 Å². The fraction of sp³-hybridized carbons (Fsp3) is 0.500. The third-order valence-corrected chi connectivity index (χ3v) is 4.61. The van der Waals surface area contributed by atoms with Gasteiger partial charge in [0.15, 0.2) is 0 Å². The Kier molecular flexibility index (Phi) is 3.13. The lowest BCUT2D eigenvalue weighted by Gasteiger charge is -2.41. The van der Waals surface area contributed by atoms with Crippen LogP contribution in [0.15, 0.2) is 30.5 Å². The molecule has 1 aromatic carbocycles. The van der Waals surface area contributed by atoms with Crippen molar-refractivity contribution in [2.75, 3.05) is 6.54 Å². The molecule has 3 rings (SSSR count). The van der Waals surface area contributed by atoms with Crippen molar-refractivity contribution >= 4 is 10.9 Å². The zero-order valence-corrected chi connectivity index (χ0v) is 11.1. The van der Waals surface area contributed by atoms with E-state index in [-0.39, 0.29) is 0 Å². The standard InChI is InChI=1S/C16H22N2/c1-2-16(7-3-8-16)12-17-11-13-4-5-15-14(10-13)6-9-18-15/h4-6,9-10,17-18H,2-3,7-8,11-12H2,1H3. The van der Waals surface area contributed by atoms with Gasteiger partial charge in [0.25, 0.3) is 0 Å². The van der Waals surface area contributed by atoms with E-state index in [4.69, 9.17) is 0 Å². The molecule has 0 bridgehead atoms. The largest absolute Gasteiger partial charge is 0.361 e. The Balaban J connectivity index is 1.59. The van der Waals surface area contributed by atoms with Gasteiger partial charge in [0.1, 0.15) is 0 Å². The van der Waals surface area contributed by atoms with Gasteiger partial charge >= 0.3 is 0 Å². The second-order valence-electron chi connectivity index (χ2n) is 5.71. The average Bonchev–Trinajstić information content (AvgIpc) is 2.80. The molecule has 18 heavy (non-hydrogen) atoms. The third kappa shape index (κ3) is 2.17. The molecule has 0 radical (unpaired) electrons. The van der Waals surface area contributed by atoms with Crippen LogP contribution in [0.3, 0.4) is 0 Å². The van der Waals surface area contributed by atoms with Crippen LogP contribution in [-0.4, -0.2) is 11.5 Å². The second-order valence-corrected chi connectivity index (χ2v) is 5.71. The summed E-state index contributed by atoms with van der Waals surface area (Å²) in [5.41, 5.74) is 3.22. The summed E-state index contributed by atoms with van der Waals surface area (Å²) in [7, 11) is 0. The van der Waals surface area contributed by atoms with E-state index in [1.165, 1.54) is 48.7 Å². The minimum Gasteiger partial charge on any atom is -0.361 e. The average molecular weight is 242 g/mol. The van der Waals surface area contributed by atoms with E-state index in [0.717, 1.165) is 6.54 Å². The lowest BCUT2D eigenvalue weighted by atomic mass is 9.67. The Morgan fingerprint density at radius 3 is 2.89 bits per heavy atom. The van der Waals surface area contributed by atoms with E-state index in [2.05, 4.69) is 41.5 Å². The van der Waals surface area contributed by atoms with E-state index < -0.39 is 0 Å². The summed E-state index contributed by atoms with van der Waals surface area (Å²) in [5.74, 6) is 0. The molecule has 96 valence electrons. The summed E-state index contributed by atoms with van der Waals surface area (Å²) in [5, 5.41) is 4.95. The molecular formula is C16H22N2. The molecule has 0 amide bonds. The number of fused-ring (bicyclic) bond motifs is 1. The Bertz CT molecular complexity index is 517. The normalized spacial score (nSPS) is 17.8. The minimum absolute atomic E-state index is 0.609. The highest BCUT2D eigenvalue weighted by Gasteiger charge is 2.34. The van der Waals surface area contributed by atoms with E-state index in [1.807, 2.05) is 6.20 Å². The Hall–Kier alpha value is -1.28. The van der Waals surface area contributed by atoms with Gasteiger partial charge < -0.3 is 10.3 Å². The lowest BCUT2D eigenvalue weighted by Crippen LogP contribution is -2.39. The first-order valence-electron chi connectivity index (χ1n) is 7.08. The highest BCUT2D eigenvalue weighted by Crippen LogP contribution is 2.43. The maximum atomic E-state index is 3.64. The number of benzene rings is 1. The molecule has 2 nitrogen and oxygen atoms in total. The van der Waals surface area contributed by atoms with Crippen molar-refractivity contribution in [1.29, 1.82) is 0 Å².